The topological polar surface area (TPSA) is 40.3 Å². The first-order valence-corrected chi connectivity index (χ1v) is 11.2. The Bertz CT molecular complexity index is 1040. The molecule has 0 spiro atoms. The highest BCUT2D eigenvalue weighted by Gasteiger charge is 2.63. The van der Waals surface area contributed by atoms with E-state index in [2.05, 4.69) is 84.3 Å². The van der Waals surface area contributed by atoms with Gasteiger partial charge in [-0.25, -0.2) is 4.79 Å². The van der Waals surface area contributed by atoms with E-state index in [0.29, 0.717) is 12.0 Å². The number of carboxylic acid groups (broad SMARTS) is 1. The maximum atomic E-state index is 11.9. The average Bonchev–Trinajstić information content (AvgIpc) is 3.57. The molecular formula is C29H27NO2. The molecule has 1 heterocycles. The van der Waals surface area contributed by atoms with E-state index in [1.165, 1.54) is 16.7 Å². The molecule has 5 rings (SSSR count). The minimum absolute atomic E-state index is 0.132. The van der Waals surface area contributed by atoms with Gasteiger partial charge < -0.3 is 5.11 Å². The minimum Gasteiger partial charge on any atom is -0.478 e. The molecule has 1 aliphatic carbocycles. The fourth-order valence-electron chi connectivity index (χ4n) is 5.68. The summed E-state index contributed by atoms with van der Waals surface area (Å²) in [6, 6.07) is 32.3. The maximum Gasteiger partial charge on any atom is 0.331 e. The Hall–Kier alpha value is -3.43. The monoisotopic (exact) mass is 421 g/mol. The van der Waals surface area contributed by atoms with E-state index >= 15 is 0 Å². The highest BCUT2D eigenvalue weighted by Crippen LogP contribution is 2.57. The van der Waals surface area contributed by atoms with Crippen molar-refractivity contribution in [3.8, 4) is 0 Å². The van der Waals surface area contributed by atoms with Crippen LogP contribution in [0.4, 0.5) is 0 Å². The van der Waals surface area contributed by atoms with Crippen molar-refractivity contribution < 1.29 is 9.90 Å². The normalized spacial score (nSPS) is 24.2. The van der Waals surface area contributed by atoms with E-state index in [1.54, 1.807) is 0 Å². The summed E-state index contributed by atoms with van der Waals surface area (Å²) in [6.07, 6.45) is 5.20. The summed E-state index contributed by atoms with van der Waals surface area (Å²) < 4.78 is 0. The van der Waals surface area contributed by atoms with Gasteiger partial charge in [0, 0.05) is 17.7 Å². The summed E-state index contributed by atoms with van der Waals surface area (Å²) in [6.45, 7) is 3.94. The van der Waals surface area contributed by atoms with Crippen LogP contribution in [-0.2, 0) is 10.3 Å². The molecule has 3 heteroatoms. The summed E-state index contributed by atoms with van der Waals surface area (Å²) in [5.74, 6) is -0.679. The van der Waals surface area contributed by atoms with E-state index < -0.39 is 11.5 Å². The van der Waals surface area contributed by atoms with Gasteiger partial charge in [-0.1, -0.05) is 103 Å². The van der Waals surface area contributed by atoms with Gasteiger partial charge in [-0.3, -0.25) is 4.90 Å². The Morgan fingerprint density at radius 1 is 0.906 bits per heavy atom. The minimum atomic E-state index is -0.811. The Kier molecular flexibility index (Phi) is 5.28. The zero-order valence-electron chi connectivity index (χ0n) is 18.0. The van der Waals surface area contributed by atoms with Crippen molar-refractivity contribution in [2.75, 3.05) is 0 Å². The molecule has 0 bridgehead atoms. The lowest BCUT2D eigenvalue weighted by Crippen LogP contribution is -2.40. The molecule has 3 aromatic carbocycles. The zero-order chi connectivity index (χ0) is 22.1. The van der Waals surface area contributed by atoms with Gasteiger partial charge in [0.15, 0.2) is 0 Å². The Morgan fingerprint density at radius 2 is 1.38 bits per heavy atom. The van der Waals surface area contributed by atoms with Gasteiger partial charge in [-0.05, 0) is 35.4 Å². The number of benzene rings is 3. The van der Waals surface area contributed by atoms with Gasteiger partial charge in [0.2, 0.25) is 0 Å². The van der Waals surface area contributed by atoms with Crippen molar-refractivity contribution in [1.82, 2.24) is 4.90 Å². The number of rotatable bonds is 7. The predicted molar refractivity (Wildman–Crippen MR) is 127 cm³/mol. The van der Waals surface area contributed by atoms with Gasteiger partial charge in [-0.2, -0.15) is 0 Å². The number of nitrogens with zero attached hydrogens (tertiary/aromatic N) is 1. The lowest BCUT2D eigenvalue weighted by Gasteiger charge is -2.39. The molecular weight excluding hydrogens is 394 g/mol. The van der Waals surface area contributed by atoms with Gasteiger partial charge in [0.25, 0.3) is 0 Å². The van der Waals surface area contributed by atoms with Crippen molar-refractivity contribution >= 4 is 5.97 Å². The molecule has 2 aliphatic rings. The number of carbonyl (C=O) groups is 1. The van der Waals surface area contributed by atoms with Crippen molar-refractivity contribution in [3.63, 3.8) is 0 Å². The van der Waals surface area contributed by atoms with Crippen molar-refractivity contribution in [1.29, 1.82) is 0 Å². The van der Waals surface area contributed by atoms with Crippen LogP contribution in [0.5, 0.6) is 0 Å². The molecule has 1 unspecified atom stereocenters. The second-order valence-corrected chi connectivity index (χ2v) is 8.66. The van der Waals surface area contributed by atoms with Crippen molar-refractivity contribution in [2.24, 2.45) is 5.92 Å². The Morgan fingerprint density at radius 3 is 1.78 bits per heavy atom. The number of fused-ring (bicyclic) bond motifs is 1. The quantitative estimate of drug-likeness (QED) is 0.305. The summed E-state index contributed by atoms with van der Waals surface area (Å²) in [7, 11) is 0. The molecule has 1 fully saturated rings. The van der Waals surface area contributed by atoms with Crippen LogP contribution in [0.3, 0.4) is 0 Å². The molecule has 160 valence electrons. The fourth-order valence-corrected chi connectivity index (χ4v) is 5.68. The van der Waals surface area contributed by atoms with E-state index in [0.717, 1.165) is 6.42 Å². The molecule has 1 aliphatic heterocycles. The largest absolute Gasteiger partial charge is 0.478 e. The summed E-state index contributed by atoms with van der Waals surface area (Å²) in [5, 5.41) is 9.79. The second kappa shape index (κ2) is 8.25. The number of hydrogen-bond acceptors (Lipinski definition) is 2. The van der Waals surface area contributed by atoms with E-state index in [4.69, 9.17) is 0 Å². The third-order valence-electron chi connectivity index (χ3n) is 6.94. The third kappa shape index (κ3) is 3.21. The zero-order valence-corrected chi connectivity index (χ0v) is 18.0. The lowest BCUT2D eigenvalue weighted by molar-refractivity contribution is -0.132. The van der Waals surface area contributed by atoms with Crippen molar-refractivity contribution in [3.05, 3.63) is 132 Å². The van der Waals surface area contributed by atoms with Crippen LogP contribution in [0.25, 0.3) is 0 Å². The molecule has 4 atom stereocenters. The van der Waals surface area contributed by atoms with Gasteiger partial charge in [0.05, 0.1) is 5.54 Å². The van der Waals surface area contributed by atoms with Gasteiger partial charge >= 0.3 is 5.97 Å². The first-order chi connectivity index (χ1) is 15.7. The first kappa shape index (κ1) is 20.5. The summed E-state index contributed by atoms with van der Waals surface area (Å²) in [5.41, 5.74) is 3.60. The molecule has 3 aromatic rings. The lowest BCUT2D eigenvalue weighted by atomic mass is 9.76. The maximum absolute atomic E-state index is 11.9. The van der Waals surface area contributed by atoms with Gasteiger partial charge in [-0.15, -0.1) is 6.58 Å². The summed E-state index contributed by atoms with van der Waals surface area (Å²) in [4.78, 5) is 14.5. The van der Waals surface area contributed by atoms with Crippen LogP contribution in [0, 0.1) is 5.92 Å². The van der Waals surface area contributed by atoms with E-state index in [-0.39, 0.29) is 18.0 Å². The van der Waals surface area contributed by atoms with Crippen LogP contribution in [-0.4, -0.2) is 28.1 Å². The van der Waals surface area contributed by atoms with Crippen LogP contribution in [0.15, 0.2) is 115 Å². The van der Waals surface area contributed by atoms with Crippen LogP contribution in [0.2, 0.25) is 0 Å². The molecule has 1 saturated heterocycles. The van der Waals surface area contributed by atoms with E-state index in [9.17, 15) is 9.90 Å². The molecule has 0 radical (unpaired) electrons. The SMILES string of the molecule is C=CC[C@H]1C=C(C(=O)O)C[C@H]2[C@@H]1N2C(c1ccccc1)(c1ccccc1)c1ccccc1. The smallest absolute Gasteiger partial charge is 0.331 e. The Balaban J connectivity index is 1.74. The van der Waals surface area contributed by atoms with Crippen LogP contribution >= 0.6 is 0 Å². The molecule has 1 N–H and O–H groups in total. The third-order valence-corrected chi connectivity index (χ3v) is 6.94. The highest BCUT2D eigenvalue weighted by atomic mass is 16.4. The van der Waals surface area contributed by atoms with E-state index in [1.807, 2.05) is 30.4 Å². The average molecular weight is 422 g/mol. The molecule has 0 saturated carbocycles. The first-order valence-electron chi connectivity index (χ1n) is 11.2. The molecule has 0 aromatic heterocycles. The van der Waals surface area contributed by atoms with Crippen molar-refractivity contribution in [2.45, 2.75) is 30.5 Å². The number of hydrogen-bond donors (Lipinski definition) is 1. The van der Waals surface area contributed by atoms with Crippen LogP contribution < -0.4 is 0 Å². The molecule has 3 nitrogen and oxygen atoms in total. The standard InChI is InChI=1S/C29H27NO2/c1-2-12-21-19-22(28(31)32)20-26-27(21)30(26)29(23-13-6-3-7-14-23,24-15-8-4-9-16-24)25-17-10-5-11-18-25/h2-11,13-19,21,26-27H,1,12,20H2,(H,31,32)/t21-,26-,27+,30?/m0/s1. The Labute approximate surface area is 189 Å². The number of aliphatic carboxylic acids is 1. The molecule has 0 amide bonds. The summed E-state index contributed by atoms with van der Waals surface area (Å²) >= 11 is 0. The second-order valence-electron chi connectivity index (χ2n) is 8.66. The van der Waals surface area contributed by atoms with Crippen LogP contribution in [0.1, 0.15) is 29.5 Å². The molecule has 32 heavy (non-hydrogen) atoms. The van der Waals surface area contributed by atoms with Gasteiger partial charge in [0.1, 0.15) is 0 Å². The predicted octanol–water partition coefficient (Wildman–Crippen LogP) is 5.64. The number of allylic oxidation sites excluding steroid dienone is 1. The fraction of sp³-hybridized carbons (Fsp3) is 0.207. The highest BCUT2D eigenvalue weighted by molar-refractivity contribution is 5.87. The number of carboxylic acids is 1.